The Morgan fingerprint density at radius 2 is 2.09 bits per heavy atom. The number of rotatable bonds is 5. The van der Waals surface area contributed by atoms with Crippen LogP contribution in [0.4, 0.5) is 17.5 Å². The molecule has 5 rings (SSSR count). The van der Waals surface area contributed by atoms with Crippen LogP contribution in [0.5, 0.6) is 0 Å². The number of pyridine rings is 1. The van der Waals surface area contributed by atoms with Crippen molar-refractivity contribution in [3.05, 3.63) is 76.8 Å². The number of nitrogens with zero attached hydrogens (tertiary/aromatic N) is 7. The Kier molecular flexibility index (Phi) is 5.65. The monoisotopic (exact) mass is 470 g/mol. The highest BCUT2D eigenvalue weighted by atomic mass is 35.5. The Hall–Kier alpha value is -4.29. The Labute approximate surface area is 200 Å². The lowest BCUT2D eigenvalue weighted by molar-refractivity contribution is -0.117. The molecule has 0 radical (unpaired) electrons. The van der Waals surface area contributed by atoms with Crippen LogP contribution in [0.1, 0.15) is 16.7 Å². The minimum Gasteiger partial charge on any atom is -0.310 e. The molecule has 34 heavy (non-hydrogen) atoms. The number of halogens is 1. The van der Waals surface area contributed by atoms with Gasteiger partial charge in [-0.1, -0.05) is 17.7 Å². The average Bonchev–Trinajstić information content (AvgIpc) is 3.46. The number of aryl methyl sites for hydroxylation is 1. The van der Waals surface area contributed by atoms with E-state index in [4.69, 9.17) is 11.6 Å². The van der Waals surface area contributed by atoms with Crippen molar-refractivity contribution in [3.63, 3.8) is 0 Å². The van der Waals surface area contributed by atoms with Gasteiger partial charge in [-0.2, -0.15) is 10.4 Å². The third kappa shape index (κ3) is 4.07. The second kappa shape index (κ2) is 8.92. The van der Waals surface area contributed by atoms with E-state index in [0.717, 1.165) is 16.9 Å². The summed E-state index contributed by atoms with van der Waals surface area (Å²) in [5.41, 5.74) is 4.13. The van der Waals surface area contributed by atoms with Crippen LogP contribution in [-0.4, -0.2) is 37.2 Å². The van der Waals surface area contributed by atoms with Crippen LogP contribution in [0.2, 0.25) is 5.15 Å². The first-order valence-corrected chi connectivity index (χ1v) is 11.0. The van der Waals surface area contributed by atoms with E-state index in [2.05, 4.69) is 31.4 Å². The zero-order valence-corrected chi connectivity index (χ0v) is 19.0. The standard InChI is InChI=1S/C24H19ClN8O/c1-32-20(5-9-29-32)31-24-28-8-4-19(30-24)17-11-15-6-10-33(22(15)18(12-17)14-26)21(34)13-16-3-2-7-27-23(16)25/h2-5,7-9,11-12H,6,10,13H2,1H3,(H,28,30,31). The van der Waals surface area contributed by atoms with E-state index in [1.807, 2.05) is 19.2 Å². The lowest BCUT2D eigenvalue weighted by Crippen LogP contribution is -2.31. The van der Waals surface area contributed by atoms with E-state index >= 15 is 0 Å². The number of benzene rings is 1. The molecule has 0 spiro atoms. The molecule has 1 amide bonds. The molecule has 0 fully saturated rings. The second-order valence-corrected chi connectivity index (χ2v) is 8.16. The van der Waals surface area contributed by atoms with Crippen LogP contribution < -0.4 is 10.2 Å². The Morgan fingerprint density at radius 3 is 2.85 bits per heavy atom. The zero-order valence-electron chi connectivity index (χ0n) is 18.2. The molecule has 1 aromatic carbocycles. The van der Waals surface area contributed by atoms with Gasteiger partial charge in [-0.05, 0) is 41.8 Å². The Balaban J connectivity index is 1.44. The number of hydrogen-bond donors (Lipinski definition) is 1. The van der Waals surface area contributed by atoms with E-state index in [9.17, 15) is 10.1 Å². The molecule has 1 aliphatic heterocycles. The van der Waals surface area contributed by atoms with Gasteiger partial charge in [-0.15, -0.1) is 0 Å². The van der Waals surface area contributed by atoms with E-state index in [1.165, 1.54) is 0 Å². The number of hydrogen-bond acceptors (Lipinski definition) is 7. The summed E-state index contributed by atoms with van der Waals surface area (Å²) in [6, 6.07) is 13.1. The molecular formula is C24H19ClN8O. The normalized spacial score (nSPS) is 12.3. The molecule has 0 unspecified atom stereocenters. The van der Waals surface area contributed by atoms with Gasteiger partial charge in [0, 0.05) is 37.6 Å². The van der Waals surface area contributed by atoms with E-state index in [1.54, 1.807) is 52.4 Å². The van der Waals surface area contributed by atoms with Gasteiger partial charge in [0.25, 0.3) is 0 Å². The fourth-order valence-corrected chi connectivity index (χ4v) is 4.22. The topological polar surface area (TPSA) is 113 Å². The van der Waals surface area contributed by atoms with Crippen molar-refractivity contribution in [2.24, 2.45) is 7.05 Å². The van der Waals surface area contributed by atoms with E-state index < -0.39 is 0 Å². The summed E-state index contributed by atoms with van der Waals surface area (Å²) in [5.74, 6) is 1.06. The highest BCUT2D eigenvalue weighted by Gasteiger charge is 2.29. The molecule has 3 aromatic heterocycles. The fraction of sp³-hybridized carbons (Fsp3) is 0.167. The summed E-state index contributed by atoms with van der Waals surface area (Å²) in [7, 11) is 1.82. The van der Waals surface area contributed by atoms with Gasteiger partial charge in [0.1, 0.15) is 17.0 Å². The van der Waals surface area contributed by atoms with E-state index in [0.29, 0.717) is 46.6 Å². The molecule has 9 nitrogen and oxygen atoms in total. The highest BCUT2D eigenvalue weighted by molar-refractivity contribution is 6.30. The van der Waals surface area contributed by atoms with Gasteiger partial charge >= 0.3 is 0 Å². The number of nitriles is 1. The van der Waals surface area contributed by atoms with Crippen molar-refractivity contribution >= 4 is 35.0 Å². The molecule has 0 saturated heterocycles. The predicted molar refractivity (Wildman–Crippen MR) is 128 cm³/mol. The lowest BCUT2D eigenvalue weighted by Gasteiger charge is -2.19. The number of carbonyl (C=O) groups excluding carboxylic acids is 1. The van der Waals surface area contributed by atoms with Gasteiger partial charge in [-0.3, -0.25) is 9.48 Å². The number of carbonyl (C=O) groups is 1. The number of aromatic nitrogens is 5. The molecule has 0 atom stereocenters. The van der Waals surface area contributed by atoms with Gasteiger partial charge in [0.05, 0.1) is 29.6 Å². The van der Waals surface area contributed by atoms with Crippen molar-refractivity contribution in [1.82, 2.24) is 24.7 Å². The summed E-state index contributed by atoms with van der Waals surface area (Å²) in [5, 5.41) is 17.5. The minimum atomic E-state index is -0.123. The van der Waals surface area contributed by atoms with Gasteiger partial charge < -0.3 is 10.2 Å². The molecular weight excluding hydrogens is 452 g/mol. The molecule has 1 aliphatic rings. The van der Waals surface area contributed by atoms with Crippen LogP contribution in [0.15, 0.2) is 55.0 Å². The van der Waals surface area contributed by atoms with Crippen molar-refractivity contribution in [2.45, 2.75) is 12.8 Å². The van der Waals surface area contributed by atoms with Crippen LogP contribution >= 0.6 is 11.6 Å². The third-order valence-corrected chi connectivity index (χ3v) is 6.02. The Morgan fingerprint density at radius 1 is 1.21 bits per heavy atom. The van der Waals surface area contributed by atoms with Gasteiger partial charge in [-0.25, -0.2) is 15.0 Å². The minimum absolute atomic E-state index is 0.119. The average molecular weight is 471 g/mol. The number of fused-ring (bicyclic) bond motifs is 1. The van der Waals surface area contributed by atoms with Crippen molar-refractivity contribution < 1.29 is 4.79 Å². The molecule has 168 valence electrons. The van der Waals surface area contributed by atoms with Crippen molar-refractivity contribution in [3.8, 4) is 17.3 Å². The number of anilines is 3. The number of amides is 1. The largest absolute Gasteiger partial charge is 0.310 e. The molecule has 0 aliphatic carbocycles. The summed E-state index contributed by atoms with van der Waals surface area (Å²) < 4.78 is 1.68. The summed E-state index contributed by atoms with van der Waals surface area (Å²) in [6.07, 6.45) is 5.69. The highest BCUT2D eigenvalue weighted by Crippen LogP contribution is 2.36. The summed E-state index contributed by atoms with van der Waals surface area (Å²) >= 11 is 6.13. The molecule has 0 saturated carbocycles. The summed E-state index contributed by atoms with van der Waals surface area (Å²) in [4.78, 5) is 27.7. The first kappa shape index (κ1) is 21.6. The summed E-state index contributed by atoms with van der Waals surface area (Å²) in [6.45, 7) is 0.501. The van der Waals surface area contributed by atoms with E-state index in [-0.39, 0.29) is 12.3 Å². The SMILES string of the molecule is Cn1nccc1Nc1nccc(-c2cc(C#N)c3c(c2)CCN3C(=O)Cc2cccnc2Cl)n1. The van der Waals surface area contributed by atoms with Gasteiger partial charge in [0.2, 0.25) is 11.9 Å². The quantitative estimate of drug-likeness (QED) is 0.443. The maximum Gasteiger partial charge on any atom is 0.231 e. The van der Waals surface area contributed by atoms with Crippen molar-refractivity contribution in [2.75, 3.05) is 16.8 Å². The molecule has 0 bridgehead atoms. The maximum absolute atomic E-state index is 13.1. The van der Waals surface area contributed by atoms with Crippen LogP contribution in [0.3, 0.4) is 0 Å². The fourth-order valence-electron chi connectivity index (χ4n) is 4.03. The molecule has 4 aromatic rings. The van der Waals surface area contributed by atoms with Crippen molar-refractivity contribution in [1.29, 1.82) is 5.26 Å². The molecule has 4 heterocycles. The van der Waals surface area contributed by atoms with Crippen LogP contribution in [0.25, 0.3) is 11.3 Å². The smallest absolute Gasteiger partial charge is 0.231 e. The predicted octanol–water partition coefficient (Wildman–Crippen LogP) is 3.67. The first-order valence-electron chi connectivity index (χ1n) is 10.6. The van der Waals surface area contributed by atoms with Gasteiger partial charge in [0.15, 0.2) is 0 Å². The van der Waals surface area contributed by atoms with Crippen LogP contribution in [0, 0.1) is 11.3 Å². The maximum atomic E-state index is 13.1. The third-order valence-electron chi connectivity index (χ3n) is 5.68. The molecule has 10 heteroatoms. The first-order chi connectivity index (χ1) is 16.5. The second-order valence-electron chi connectivity index (χ2n) is 7.80. The Bertz CT molecular complexity index is 1440. The lowest BCUT2D eigenvalue weighted by atomic mass is 10.0. The molecule has 1 N–H and O–H groups in total. The number of nitrogens with one attached hydrogen (secondary N) is 1. The zero-order chi connectivity index (χ0) is 23.7. The van der Waals surface area contributed by atoms with Crippen LogP contribution in [-0.2, 0) is 24.7 Å².